The monoisotopic (exact) mass is 199 g/mol. The van der Waals surface area contributed by atoms with Crippen LogP contribution >= 0.6 is 0 Å². The van der Waals surface area contributed by atoms with E-state index in [0.29, 0.717) is 24.5 Å². The number of rotatable bonds is 2. The van der Waals surface area contributed by atoms with Gasteiger partial charge in [-0.2, -0.15) is 0 Å². The predicted molar refractivity (Wildman–Crippen MR) is 57.0 cm³/mol. The fourth-order valence-electron chi connectivity index (χ4n) is 1.49. The summed E-state index contributed by atoms with van der Waals surface area (Å²) in [5.74, 6) is 0.910. The number of ketones is 1. The number of hydrogen-bond acceptors (Lipinski definition) is 2. The molecule has 14 heavy (non-hydrogen) atoms. The largest absolute Gasteiger partial charge is 0.356 e. The van der Waals surface area contributed by atoms with Crippen LogP contribution in [0.15, 0.2) is 0 Å². The Kier molecular flexibility index (Phi) is 7.07. The van der Waals surface area contributed by atoms with Crippen LogP contribution in [0, 0.1) is 5.92 Å². The topological polar surface area (TPSA) is 46.2 Å². The number of amides is 1. The number of hydrogen-bond donors (Lipinski definition) is 1. The molecule has 0 aliphatic heterocycles. The number of Topliss-reactive ketones (excluding diaryl/α,β-unsaturated/α-hetero) is 1. The van der Waals surface area contributed by atoms with Gasteiger partial charge < -0.3 is 5.32 Å². The van der Waals surface area contributed by atoms with Crippen LogP contribution in [0.25, 0.3) is 0 Å². The predicted octanol–water partition coefficient (Wildman–Crippen LogP) is 1.91. The molecule has 1 rings (SSSR count). The van der Waals surface area contributed by atoms with Crippen LogP contribution in [0.2, 0.25) is 0 Å². The lowest BCUT2D eigenvalue weighted by Crippen LogP contribution is -2.29. The molecule has 3 heteroatoms. The minimum Gasteiger partial charge on any atom is -0.356 e. The van der Waals surface area contributed by atoms with E-state index in [4.69, 9.17) is 0 Å². The number of carbonyl (C=O) groups is 2. The van der Waals surface area contributed by atoms with E-state index in [1.807, 2.05) is 13.8 Å². The molecular formula is C11H21NO2. The van der Waals surface area contributed by atoms with E-state index in [9.17, 15) is 9.59 Å². The van der Waals surface area contributed by atoms with Crippen molar-refractivity contribution in [3.63, 3.8) is 0 Å². The van der Waals surface area contributed by atoms with E-state index in [2.05, 4.69) is 5.32 Å². The lowest BCUT2D eigenvalue weighted by molar-refractivity contribution is -0.121. The first-order chi connectivity index (χ1) is 6.68. The smallest absolute Gasteiger partial charge is 0.216 e. The lowest BCUT2D eigenvalue weighted by atomic mass is 9.88. The fourth-order valence-corrected chi connectivity index (χ4v) is 1.49. The maximum Gasteiger partial charge on any atom is 0.216 e. The quantitative estimate of drug-likeness (QED) is 0.738. The highest BCUT2D eigenvalue weighted by atomic mass is 16.1. The second-order valence-corrected chi connectivity index (χ2v) is 3.42. The maximum absolute atomic E-state index is 10.9. The standard InChI is InChI=1S/C9H15NO2.C2H6/c1-7(11)10-6-8-2-4-9(12)5-3-8;1-2/h8H,2-6H2,1H3,(H,10,11);1-2H3. The maximum atomic E-state index is 10.9. The van der Waals surface area contributed by atoms with Gasteiger partial charge in [-0.3, -0.25) is 9.59 Å². The van der Waals surface area contributed by atoms with Crippen molar-refractivity contribution >= 4 is 11.7 Å². The summed E-state index contributed by atoms with van der Waals surface area (Å²) in [6, 6.07) is 0. The molecule has 1 amide bonds. The Hall–Kier alpha value is -0.860. The van der Waals surface area contributed by atoms with Gasteiger partial charge in [-0.05, 0) is 18.8 Å². The fraction of sp³-hybridized carbons (Fsp3) is 0.818. The third-order valence-corrected chi connectivity index (χ3v) is 2.30. The Morgan fingerprint density at radius 1 is 1.36 bits per heavy atom. The van der Waals surface area contributed by atoms with Crippen molar-refractivity contribution in [2.45, 2.75) is 46.5 Å². The third-order valence-electron chi connectivity index (χ3n) is 2.30. The molecule has 0 unspecified atom stereocenters. The Morgan fingerprint density at radius 2 is 1.86 bits per heavy atom. The van der Waals surface area contributed by atoms with E-state index in [-0.39, 0.29) is 5.91 Å². The Morgan fingerprint density at radius 3 is 2.29 bits per heavy atom. The van der Waals surface area contributed by atoms with E-state index in [1.54, 1.807) is 0 Å². The van der Waals surface area contributed by atoms with Crippen LogP contribution in [0.4, 0.5) is 0 Å². The van der Waals surface area contributed by atoms with Crippen molar-refractivity contribution in [3.8, 4) is 0 Å². The van der Waals surface area contributed by atoms with Crippen LogP contribution < -0.4 is 5.32 Å². The van der Waals surface area contributed by atoms with Crippen LogP contribution in [-0.2, 0) is 9.59 Å². The van der Waals surface area contributed by atoms with Gasteiger partial charge in [0, 0.05) is 26.3 Å². The van der Waals surface area contributed by atoms with Gasteiger partial charge in [0.05, 0.1) is 0 Å². The first kappa shape index (κ1) is 13.1. The summed E-state index contributed by atoms with van der Waals surface area (Å²) in [6.07, 6.45) is 3.28. The summed E-state index contributed by atoms with van der Waals surface area (Å²) in [7, 11) is 0. The Balaban J connectivity index is 0.000000791. The second kappa shape index (κ2) is 7.54. The first-order valence-corrected chi connectivity index (χ1v) is 5.44. The van der Waals surface area contributed by atoms with Crippen molar-refractivity contribution in [3.05, 3.63) is 0 Å². The van der Waals surface area contributed by atoms with E-state index < -0.39 is 0 Å². The average Bonchev–Trinajstić information content (AvgIpc) is 2.20. The lowest BCUT2D eigenvalue weighted by Gasteiger charge is -2.20. The van der Waals surface area contributed by atoms with Gasteiger partial charge in [-0.15, -0.1) is 0 Å². The number of carbonyl (C=O) groups excluding carboxylic acids is 2. The summed E-state index contributed by atoms with van der Waals surface area (Å²) in [5, 5.41) is 2.78. The molecule has 0 aromatic carbocycles. The zero-order valence-corrected chi connectivity index (χ0v) is 9.43. The van der Waals surface area contributed by atoms with Gasteiger partial charge in [0.25, 0.3) is 0 Å². The Bertz CT molecular complexity index is 180. The molecule has 1 aliphatic carbocycles. The van der Waals surface area contributed by atoms with E-state index >= 15 is 0 Å². The molecule has 1 fully saturated rings. The molecule has 0 spiro atoms. The molecule has 0 aromatic heterocycles. The molecule has 82 valence electrons. The zero-order chi connectivity index (χ0) is 11.0. The van der Waals surface area contributed by atoms with Crippen molar-refractivity contribution in [1.29, 1.82) is 0 Å². The summed E-state index contributed by atoms with van der Waals surface area (Å²) < 4.78 is 0. The first-order valence-electron chi connectivity index (χ1n) is 5.44. The van der Waals surface area contributed by atoms with Crippen molar-refractivity contribution in [2.75, 3.05) is 6.54 Å². The van der Waals surface area contributed by atoms with Crippen molar-refractivity contribution < 1.29 is 9.59 Å². The summed E-state index contributed by atoms with van der Waals surface area (Å²) in [4.78, 5) is 21.4. The Labute approximate surface area is 86.3 Å². The van der Waals surface area contributed by atoms with Gasteiger partial charge >= 0.3 is 0 Å². The second-order valence-electron chi connectivity index (χ2n) is 3.42. The van der Waals surface area contributed by atoms with Crippen LogP contribution in [0.3, 0.4) is 0 Å². The highest BCUT2D eigenvalue weighted by Crippen LogP contribution is 2.20. The molecule has 0 heterocycles. The molecular weight excluding hydrogens is 178 g/mol. The van der Waals surface area contributed by atoms with Crippen LogP contribution in [-0.4, -0.2) is 18.2 Å². The molecule has 0 aromatic rings. The summed E-state index contributed by atoms with van der Waals surface area (Å²) in [5.41, 5.74) is 0. The molecule has 1 N–H and O–H groups in total. The molecule has 0 bridgehead atoms. The molecule has 1 saturated carbocycles. The van der Waals surface area contributed by atoms with Crippen molar-refractivity contribution in [2.24, 2.45) is 5.92 Å². The molecule has 3 nitrogen and oxygen atoms in total. The number of nitrogens with one attached hydrogen (secondary N) is 1. The van der Waals surface area contributed by atoms with Gasteiger partial charge in [0.15, 0.2) is 0 Å². The van der Waals surface area contributed by atoms with Gasteiger partial charge in [-0.1, -0.05) is 13.8 Å². The highest BCUT2D eigenvalue weighted by Gasteiger charge is 2.18. The van der Waals surface area contributed by atoms with Crippen LogP contribution in [0.5, 0.6) is 0 Å². The highest BCUT2D eigenvalue weighted by molar-refractivity contribution is 5.79. The van der Waals surface area contributed by atoms with Gasteiger partial charge in [0.2, 0.25) is 5.91 Å². The minimum atomic E-state index is 0.0203. The van der Waals surface area contributed by atoms with E-state index in [1.165, 1.54) is 6.92 Å². The van der Waals surface area contributed by atoms with Crippen LogP contribution in [0.1, 0.15) is 46.5 Å². The summed E-state index contributed by atoms with van der Waals surface area (Å²) >= 11 is 0. The third kappa shape index (κ3) is 5.73. The molecule has 0 atom stereocenters. The molecule has 1 aliphatic rings. The normalized spacial score (nSPS) is 16.9. The molecule has 0 radical (unpaired) electrons. The average molecular weight is 199 g/mol. The molecule has 0 saturated heterocycles. The summed E-state index contributed by atoms with van der Waals surface area (Å²) in [6.45, 7) is 6.26. The van der Waals surface area contributed by atoms with E-state index in [0.717, 1.165) is 19.4 Å². The zero-order valence-electron chi connectivity index (χ0n) is 9.43. The van der Waals surface area contributed by atoms with Gasteiger partial charge in [0.1, 0.15) is 5.78 Å². The SMILES string of the molecule is CC.CC(=O)NCC1CCC(=O)CC1. The van der Waals surface area contributed by atoms with Crippen molar-refractivity contribution in [1.82, 2.24) is 5.32 Å². The minimum absolute atomic E-state index is 0.0203. The van der Waals surface area contributed by atoms with Gasteiger partial charge in [-0.25, -0.2) is 0 Å².